The molecule has 2 nitrogen and oxygen atoms in total. The second-order valence-corrected chi connectivity index (χ2v) is 20.8. The van der Waals surface area contributed by atoms with Crippen molar-refractivity contribution in [2.75, 3.05) is 0 Å². The van der Waals surface area contributed by atoms with E-state index in [9.17, 15) is 4.79 Å². The lowest BCUT2D eigenvalue weighted by Gasteiger charge is -2.76. The molecule has 0 aromatic carbocycles. The molecule has 5 saturated carbocycles. The van der Waals surface area contributed by atoms with Crippen LogP contribution in [-0.2, 0) is 9.53 Å². The van der Waals surface area contributed by atoms with Crippen molar-refractivity contribution in [3.05, 3.63) is 12.2 Å². The normalized spacial score (nSPS) is 42.4. The molecule has 5 rings (SSSR count). The standard InChI is InChI=1S/C47H82O2/c1-11-12-13-14-15-16-17-18-19-20-21-22-23-24-40(48)49-39-28-30-44(7)37(42(39,4)5)26-31-45(8)38(44)27-32-46(9)41-36(35(2)3)25-29-43(41,6)33-34-47(45,46)10/h36-39,41H,2,11-34H2,1,3-10H3. The van der Waals surface area contributed by atoms with E-state index in [0.717, 1.165) is 24.7 Å². The topological polar surface area (TPSA) is 26.3 Å². The highest BCUT2D eigenvalue weighted by atomic mass is 16.5. The summed E-state index contributed by atoms with van der Waals surface area (Å²) in [5, 5.41) is 0. The van der Waals surface area contributed by atoms with Gasteiger partial charge in [0.15, 0.2) is 0 Å². The summed E-state index contributed by atoms with van der Waals surface area (Å²) in [6, 6.07) is 0. The predicted molar refractivity (Wildman–Crippen MR) is 209 cm³/mol. The Balaban J connectivity index is 1.13. The van der Waals surface area contributed by atoms with Gasteiger partial charge in [-0.25, -0.2) is 0 Å². The number of ether oxygens (including phenoxy) is 1. The van der Waals surface area contributed by atoms with Crippen LogP contribution >= 0.6 is 0 Å². The Morgan fingerprint density at radius 1 is 0.633 bits per heavy atom. The maximum absolute atomic E-state index is 13.2. The van der Waals surface area contributed by atoms with Crippen molar-refractivity contribution in [2.45, 2.75) is 223 Å². The van der Waals surface area contributed by atoms with Gasteiger partial charge in [-0.05, 0) is 128 Å². The Morgan fingerprint density at radius 3 is 1.78 bits per heavy atom. The van der Waals surface area contributed by atoms with E-state index in [0.29, 0.717) is 45.3 Å². The van der Waals surface area contributed by atoms with Crippen LogP contribution in [0, 0.1) is 56.2 Å². The van der Waals surface area contributed by atoms with Crippen molar-refractivity contribution >= 4 is 5.97 Å². The van der Waals surface area contributed by atoms with Crippen molar-refractivity contribution in [3.8, 4) is 0 Å². The monoisotopic (exact) mass is 679 g/mol. The lowest BCUT2D eigenvalue weighted by atomic mass is 9.29. The van der Waals surface area contributed by atoms with E-state index in [2.05, 4.69) is 68.9 Å². The molecule has 0 amide bonds. The van der Waals surface area contributed by atoms with Crippen molar-refractivity contribution in [1.29, 1.82) is 0 Å². The number of unbranched alkanes of at least 4 members (excludes halogenated alkanes) is 12. The van der Waals surface area contributed by atoms with Gasteiger partial charge in [-0.1, -0.05) is 145 Å². The summed E-state index contributed by atoms with van der Waals surface area (Å²) in [4.78, 5) is 13.2. The summed E-state index contributed by atoms with van der Waals surface area (Å²) in [5.74, 6) is 2.93. The smallest absolute Gasteiger partial charge is 0.306 e. The molecular formula is C47H82O2. The van der Waals surface area contributed by atoms with Gasteiger partial charge in [0.05, 0.1) is 0 Å². The molecule has 0 heterocycles. The lowest BCUT2D eigenvalue weighted by Crippen LogP contribution is -2.69. The summed E-state index contributed by atoms with van der Waals surface area (Å²) < 4.78 is 6.44. The zero-order chi connectivity index (χ0) is 35.7. The Kier molecular flexibility index (Phi) is 12.3. The summed E-state index contributed by atoms with van der Waals surface area (Å²) in [6.07, 6.45) is 31.3. The van der Waals surface area contributed by atoms with E-state index in [1.807, 2.05) is 0 Å². The molecule has 0 aromatic heterocycles. The van der Waals surface area contributed by atoms with Gasteiger partial charge in [0.2, 0.25) is 0 Å². The van der Waals surface area contributed by atoms with Gasteiger partial charge in [-0.3, -0.25) is 4.79 Å². The van der Waals surface area contributed by atoms with Crippen LogP contribution in [0.5, 0.6) is 0 Å². The van der Waals surface area contributed by atoms with E-state index >= 15 is 0 Å². The molecule has 282 valence electrons. The van der Waals surface area contributed by atoms with Crippen LogP contribution in [0.15, 0.2) is 12.2 Å². The molecular weight excluding hydrogens is 597 g/mol. The van der Waals surface area contributed by atoms with E-state index in [1.165, 1.54) is 140 Å². The highest BCUT2D eigenvalue weighted by Gasteiger charge is 2.74. The van der Waals surface area contributed by atoms with E-state index in [1.54, 1.807) is 0 Å². The van der Waals surface area contributed by atoms with Crippen LogP contribution in [0.3, 0.4) is 0 Å². The third-order valence-electron chi connectivity index (χ3n) is 17.9. The zero-order valence-electron chi connectivity index (χ0n) is 34.4. The highest BCUT2D eigenvalue weighted by Crippen LogP contribution is 2.81. The third-order valence-corrected chi connectivity index (χ3v) is 17.9. The number of rotatable bonds is 16. The van der Waals surface area contributed by atoms with Gasteiger partial charge in [-0.2, -0.15) is 0 Å². The molecule has 0 aliphatic heterocycles. The molecule has 0 aromatic rings. The fourth-order valence-electron chi connectivity index (χ4n) is 14.8. The molecule has 49 heavy (non-hydrogen) atoms. The van der Waals surface area contributed by atoms with Crippen molar-refractivity contribution in [2.24, 2.45) is 56.2 Å². The van der Waals surface area contributed by atoms with Crippen LogP contribution in [0.2, 0.25) is 0 Å². The maximum atomic E-state index is 13.2. The van der Waals surface area contributed by atoms with E-state index in [-0.39, 0.29) is 17.5 Å². The molecule has 5 aliphatic rings. The fraction of sp³-hybridized carbons (Fsp3) is 0.936. The second-order valence-electron chi connectivity index (χ2n) is 20.8. The first-order valence-corrected chi connectivity index (χ1v) is 22.0. The Bertz CT molecular complexity index is 1140. The number of hydrogen-bond acceptors (Lipinski definition) is 2. The largest absolute Gasteiger partial charge is 0.462 e. The maximum Gasteiger partial charge on any atom is 0.306 e. The van der Waals surface area contributed by atoms with Crippen molar-refractivity contribution in [1.82, 2.24) is 0 Å². The van der Waals surface area contributed by atoms with Crippen molar-refractivity contribution < 1.29 is 9.53 Å². The minimum atomic E-state index is 0.0310. The average molecular weight is 679 g/mol. The number of carbonyl (C=O) groups is 1. The van der Waals surface area contributed by atoms with Crippen LogP contribution in [0.25, 0.3) is 0 Å². The molecule has 5 fully saturated rings. The van der Waals surface area contributed by atoms with Gasteiger partial charge in [0.1, 0.15) is 6.10 Å². The zero-order valence-corrected chi connectivity index (χ0v) is 34.4. The number of hydrogen-bond donors (Lipinski definition) is 0. The van der Waals surface area contributed by atoms with Crippen LogP contribution in [-0.4, -0.2) is 12.1 Å². The lowest BCUT2D eigenvalue weighted by molar-refractivity contribution is -0.277. The first-order valence-electron chi connectivity index (χ1n) is 22.0. The molecule has 0 saturated heterocycles. The van der Waals surface area contributed by atoms with E-state index < -0.39 is 0 Å². The fourth-order valence-corrected chi connectivity index (χ4v) is 14.8. The molecule has 5 aliphatic carbocycles. The first-order chi connectivity index (χ1) is 23.1. The summed E-state index contributed by atoms with van der Waals surface area (Å²) in [7, 11) is 0. The van der Waals surface area contributed by atoms with Gasteiger partial charge < -0.3 is 4.74 Å². The van der Waals surface area contributed by atoms with Gasteiger partial charge in [0.25, 0.3) is 0 Å². The van der Waals surface area contributed by atoms with Crippen molar-refractivity contribution in [3.63, 3.8) is 0 Å². The van der Waals surface area contributed by atoms with Crippen LogP contribution in [0.1, 0.15) is 216 Å². The van der Waals surface area contributed by atoms with Gasteiger partial charge in [0, 0.05) is 11.8 Å². The summed E-state index contributed by atoms with van der Waals surface area (Å²) >= 11 is 0. The quantitative estimate of drug-likeness (QED) is 0.0922. The summed E-state index contributed by atoms with van der Waals surface area (Å²) in [6.45, 7) is 27.8. The molecule has 0 N–H and O–H groups in total. The van der Waals surface area contributed by atoms with Gasteiger partial charge >= 0.3 is 5.97 Å². The minimum absolute atomic E-state index is 0.0310. The Morgan fingerprint density at radius 2 is 1.18 bits per heavy atom. The number of esters is 1. The highest BCUT2D eigenvalue weighted by molar-refractivity contribution is 5.69. The Labute approximate surface area is 305 Å². The van der Waals surface area contributed by atoms with E-state index in [4.69, 9.17) is 4.74 Å². The molecule has 10 atom stereocenters. The number of allylic oxidation sites excluding steroid dienone is 1. The molecule has 0 bridgehead atoms. The number of fused-ring (bicyclic) bond motifs is 7. The molecule has 10 unspecified atom stereocenters. The third kappa shape index (κ3) is 7.02. The second kappa shape index (κ2) is 15.3. The molecule has 0 spiro atoms. The minimum Gasteiger partial charge on any atom is -0.462 e. The molecule has 0 radical (unpaired) electrons. The SMILES string of the molecule is C=C(C)C1CCC2(C)CCC3(C)C(C)(CCC4C5(C)CCC(OC(=O)CCCCCCCCCCCCCCC)C(C)(C)C5CCC43C)C12. The number of carbonyl (C=O) groups excluding carboxylic acids is 1. The first kappa shape index (κ1) is 39.4. The summed E-state index contributed by atoms with van der Waals surface area (Å²) in [5.41, 5.74) is 3.39. The molecule has 2 heteroatoms. The van der Waals surface area contributed by atoms with Crippen LogP contribution < -0.4 is 0 Å². The Hall–Kier alpha value is -0.790. The van der Waals surface area contributed by atoms with Gasteiger partial charge in [-0.15, -0.1) is 0 Å². The predicted octanol–water partition coefficient (Wildman–Crippen LogP) is 14.4. The van der Waals surface area contributed by atoms with Crippen LogP contribution in [0.4, 0.5) is 0 Å². The average Bonchev–Trinajstić information content (AvgIpc) is 3.41.